The van der Waals surface area contributed by atoms with Crippen molar-refractivity contribution in [2.45, 2.75) is 13.5 Å². The number of urea groups is 2. The first-order chi connectivity index (χ1) is 18.5. The highest BCUT2D eigenvalue weighted by atomic mass is 16.2. The lowest BCUT2D eigenvalue weighted by Crippen LogP contribution is -2.52. The lowest BCUT2D eigenvalue weighted by Gasteiger charge is -2.28. The molecule has 8 amide bonds. The second kappa shape index (κ2) is 9.05. The van der Waals surface area contributed by atoms with E-state index in [-0.39, 0.29) is 11.1 Å². The molecule has 0 saturated carbocycles. The number of aromatic nitrogens is 1. The van der Waals surface area contributed by atoms with E-state index in [2.05, 4.69) is 0 Å². The zero-order valence-electron chi connectivity index (χ0n) is 22.0. The Hall–Kier alpha value is -5.06. The number of likely N-dealkylation sites (N-methyl/N-ethyl adjacent to an activating group) is 4. The number of aryl methyl sites for hydroxylation is 1. The van der Waals surface area contributed by atoms with Gasteiger partial charge in [0.25, 0.3) is 23.6 Å². The molecule has 0 bridgehead atoms. The van der Waals surface area contributed by atoms with Gasteiger partial charge in [-0.25, -0.2) is 9.59 Å². The van der Waals surface area contributed by atoms with Gasteiger partial charge in [-0.05, 0) is 42.3 Å². The van der Waals surface area contributed by atoms with E-state index >= 15 is 0 Å². The van der Waals surface area contributed by atoms with Crippen LogP contribution in [-0.4, -0.2) is 88.0 Å². The van der Waals surface area contributed by atoms with E-state index in [0.29, 0.717) is 17.7 Å². The second-order valence-electron chi connectivity index (χ2n) is 9.44. The van der Waals surface area contributed by atoms with Crippen LogP contribution in [0.1, 0.15) is 18.1 Å². The van der Waals surface area contributed by atoms with Crippen molar-refractivity contribution in [1.82, 2.24) is 24.2 Å². The van der Waals surface area contributed by atoms with Gasteiger partial charge in [0, 0.05) is 56.5 Å². The Bertz CT molecular complexity index is 1550. The first kappa shape index (κ1) is 25.6. The molecule has 2 aliphatic heterocycles. The molecule has 2 aromatic carbocycles. The van der Waals surface area contributed by atoms with Gasteiger partial charge in [-0.2, -0.15) is 0 Å². The van der Waals surface area contributed by atoms with Crippen LogP contribution in [0.15, 0.2) is 47.5 Å². The largest absolute Gasteiger partial charge is 0.341 e. The molecule has 0 aliphatic carbocycles. The monoisotopic (exact) mass is 527 g/mol. The highest BCUT2D eigenvalue weighted by Gasteiger charge is 2.38. The predicted octanol–water partition coefficient (Wildman–Crippen LogP) is 2.68. The fourth-order valence-corrected chi connectivity index (χ4v) is 4.93. The summed E-state index contributed by atoms with van der Waals surface area (Å²) >= 11 is 0. The first-order valence-corrected chi connectivity index (χ1v) is 12.2. The van der Waals surface area contributed by atoms with Crippen LogP contribution in [0.2, 0.25) is 0 Å². The number of carbonyl (C=O) groups excluding carboxylic acids is 6. The summed E-state index contributed by atoms with van der Waals surface area (Å²) in [5, 5.41) is 1.88. The SMILES string of the molecule is CCn1c2cc(C=C3C(=O)N(C)C(=O)N(C)C3=O)ccc2c2ccc(C=C3C(=O)N(C)C(=O)N(C)C3=O)cc21. The highest BCUT2D eigenvalue weighted by molar-refractivity contribution is 6.31. The number of nitrogens with zero attached hydrogens (tertiary/aromatic N) is 5. The maximum Gasteiger partial charge on any atom is 0.333 e. The summed E-state index contributed by atoms with van der Waals surface area (Å²) in [6.07, 6.45) is 2.96. The molecule has 0 unspecified atom stereocenters. The van der Waals surface area contributed by atoms with E-state index in [1.807, 2.05) is 35.8 Å². The van der Waals surface area contributed by atoms with Gasteiger partial charge >= 0.3 is 12.1 Å². The minimum Gasteiger partial charge on any atom is -0.341 e. The van der Waals surface area contributed by atoms with Crippen LogP contribution in [0, 0.1) is 0 Å². The summed E-state index contributed by atoms with van der Waals surface area (Å²) in [4.78, 5) is 78.3. The molecule has 3 aromatic rings. The Morgan fingerprint density at radius 1 is 0.564 bits per heavy atom. The zero-order chi connectivity index (χ0) is 28.3. The van der Waals surface area contributed by atoms with Crippen LogP contribution in [0.4, 0.5) is 9.59 Å². The molecule has 198 valence electrons. The quantitative estimate of drug-likeness (QED) is 0.382. The Balaban J connectivity index is 1.61. The third-order valence-electron chi connectivity index (χ3n) is 7.14. The molecule has 3 heterocycles. The van der Waals surface area contributed by atoms with E-state index in [9.17, 15) is 28.8 Å². The van der Waals surface area contributed by atoms with Crippen molar-refractivity contribution < 1.29 is 28.8 Å². The Kier molecular flexibility index (Phi) is 5.94. The molecule has 2 saturated heterocycles. The lowest BCUT2D eigenvalue weighted by atomic mass is 10.0. The van der Waals surface area contributed by atoms with Crippen LogP contribution in [0.5, 0.6) is 0 Å². The molecule has 5 rings (SSSR count). The number of amides is 8. The van der Waals surface area contributed by atoms with Gasteiger partial charge in [-0.15, -0.1) is 0 Å². The zero-order valence-corrected chi connectivity index (χ0v) is 22.0. The number of carbonyl (C=O) groups is 6. The summed E-state index contributed by atoms with van der Waals surface area (Å²) in [6.45, 7) is 2.57. The van der Waals surface area contributed by atoms with Gasteiger partial charge in [0.2, 0.25) is 0 Å². The molecule has 11 heteroatoms. The molecule has 39 heavy (non-hydrogen) atoms. The molecule has 0 spiro atoms. The van der Waals surface area contributed by atoms with Crippen LogP contribution >= 0.6 is 0 Å². The van der Waals surface area contributed by atoms with Crippen molar-refractivity contribution in [1.29, 1.82) is 0 Å². The van der Waals surface area contributed by atoms with Gasteiger partial charge in [-0.3, -0.25) is 38.8 Å². The topological polar surface area (TPSA) is 120 Å². The third-order valence-corrected chi connectivity index (χ3v) is 7.14. The number of imide groups is 4. The summed E-state index contributed by atoms with van der Waals surface area (Å²) in [5.41, 5.74) is 2.73. The van der Waals surface area contributed by atoms with E-state index in [1.165, 1.54) is 40.3 Å². The Labute approximate surface area is 223 Å². The van der Waals surface area contributed by atoms with Crippen molar-refractivity contribution >= 4 is 69.6 Å². The van der Waals surface area contributed by atoms with Crippen molar-refractivity contribution in [3.8, 4) is 0 Å². The summed E-state index contributed by atoms with van der Waals surface area (Å²) < 4.78 is 2.05. The summed E-state index contributed by atoms with van der Waals surface area (Å²) in [6, 6.07) is 9.75. The normalized spacial score (nSPS) is 16.9. The molecule has 0 atom stereocenters. The highest BCUT2D eigenvalue weighted by Crippen LogP contribution is 2.32. The molecule has 0 N–H and O–H groups in total. The number of fused-ring (bicyclic) bond motifs is 3. The van der Waals surface area contributed by atoms with E-state index in [4.69, 9.17) is 0 Å². The van der Waals surface area contributed by atoms with E-state index in [1.54, 1.807) is 12.1 Å². The molecular formula is C28H25N5O6. The molecule has 2 aliphatic rings. The van der Waals surface area contributed by atoms with Crippen LogP contribution in [-0.2, 0) is 25.7 Å². The van der Waals surface area contributed by atoms with Gasteiger partial charge in [-0.1, -0.05) is 24.3 Å². The number of rotatable bonds is 3. The number of benzene rings is 2. The second-order valence-corrected chi connectivity index (χ2v) is 9.44. The average Bonchev–Trinajstić information content (AvgIpc) is 3.25. The minimum absolute atomic E-state index is 0.109. The van der Waals surface area contributed by atoms with Gasteiger partial charge < -0.3 is 4.57 Å². The molecule has 11 nitrogen and oxygen atoms in total. The Morgan fingerprint density at radius 3 is 1.21 bits per heavy atom. The van der Waals surface area contributed by atoms with Crippen molar-refractivity contribution in [3.05, 3.63) is 58.7 Å². The van der Waals surface area contributed by atoms with Crippen LogP contribution in [0.25, 0.3) is 34.0 Å². The smallest absolute Gasteiger partial charge is 0.333 e. The van der Waals surface area contributed by atoms with Crippen molar-refractivity contribution in [2.24, 2.45) is 0 Å². The molecule has 0 radical (unpaired) electrons. The number of hydrogen-bond donors (Lipinski definition) is 0. The molecule has 1 aromatic heterocycles. The van der Waals surface area contributed by atoms with Crippen LogP contribution in [0.3, 0.4) is 0 Å². The van der Waals surface area contributed by atoms with Gasteiger partial charge in [0.15, 0.2) is 0 Å². The number of hydrogen-bond acceptors (Lipinski definition) is 6. The van der Waals surface area contributed by atoms with E-state index in [0.717, 1.165) is 41.4 Å². The fourth-order valence-electron chi connectivity index (χ4n) is 4.93. The fraction of sp³-hybridized carbons (Fsp3) is 0.214. The van der Waals surface area contributed by atoms with Crippen LogP contribution < -0.4 is 0 Å². The average molecular weight is 528 g/mol. The first-order valence-electron chi connectivity index (χ1n) is 12.2. The van der Waals surface area contributed by atoms with Crippen molar-refractivity contribution in [2.75, 3.05) is 28.2 Å². The molecule has 2 fully saturated rings. The maximum absolute atomic E-state index is 12.6. The van der Waals surface area contributed by atoms with Gasteiger partial charge in [0.1, 0.15) is 11.1 Å². The van der Waals surface area contributed by atoms with Gasteiger partial charge in [0.05, 0.1) is 0 Å². The predicted molar refractivity (Wildman–Crippen MR) is 143 cm³/mol. The Morgan fingerprint density at radius 2 is 0.897 bits per heavy atom. The maximum atomic E-state index is 12.6. The molecular weight excluding hydrogens is 502 g/mol. The summed E-state index contributed by atoms with van der Waals surface area (Å²) in [5.74, 6) is -2.66. The van der Waals surface area contributed by atoms with Crippen molar-refractivity contribution in [3.63, 3.8) is 0 Å². The standard InChI is InChI=1S/C28H25N5O6/c1-6-33-21-13-15(11-19-23(34)29(2)27(38)30(3)24(19)35)7-9-17(21)18-10-8-16(14-22(18)33)12-20-25(36)31(4)28(39)32(5)26(20)37/h7-14H,6H2,1-5H3. The van der Waals surface area contributed by atoms with E-state index < -0.39 is 35.7 Å². The number of barbiturate groups is 2. The third kappa shape index (κ3) is 3.81. The summed E-state index contributed by atoms with van der Waals surface area (Å²) in [7, 11) is 5.31. The lowest BCUT2D eigenvalue weighted by molar-refractivity contribution is -0.135. The minimum atomic E-state index is -0.684.